The van der Waals surface area contributed by atoms with Crippen molar-refractivity contribution < 1.29 is 29.2 Å². The highest BCUT2D eigenvalue weighted by Crippen LogP contribution is 2.38. The highest BCUT2D eigenvalue weighted by atomic mass is 35.5. The van der Waals surface area contributed by atoms with Gasteiger partial charge < -0.3 is 29.2 Å². The summed E-state index contributed by atoms with van der Waals surface area (Å²) in [5, 5.41) is 21.3. The van der Waals surface area contributed by atoms with Gasteiger partial charge in [0.1, 0.15) is 24.4 Å². The molecule has 2 aliphatic rings. The van der Waals surface area contributed by atoms with E-state index >= 15 is 0 Å². The number of ether oxygens (including phenoxy) is 4. The van der Waals surface area contributed by atoms with Gasteiger partial charge in [-0.2, -0.15) is 0 Å². The molecular weight excluding hydrogens is 407 g/mol. The molecule has 4 rings (SSSR count). The maximum absolute atomic E-state index is 10.4. The van der Waals surface area contributed by atoms with E-state index < -0.39 is 37.0 Å². The molecule has 2 N–H and O–H groups in total. The van der Waals surface area contributed by atoms with Gasteiger partial charge in [0.05, 0.1) is 13.2 Å². The zero-order valence-electron chi connectivity index (χ0n) is 14.8. The van der Waals surface area contributed by atoms with E-state index in [1.165, 1.54) is 0 Å². The summed E-state index contributed by atoms with van der Waals surface area (Å²) in [6, 6.07) is 14.2. The molecule has 0 aromatic heterocycles. The molecule has 0 bridgehead atoms. The first-order valence-electron chi connectivity index (χ1n) is 8.93. The van der Waals surface area contributed by atoms with E-state index in [0.717, 1.165) is 11.1 Å². The molecule has 2 heterocycles. The topological polar surface area (TPSA) is 77.4 Å². The quantitative estimate of drug-likeness (QED) is 0.781. The van der Waals surface area contributed by atoms with E-state index in [-0.39, 0.29) is 13.2 Å². The summed E-state index contributed by atoms with van der Waals surface area (Å²) < 4.78 is 23.5. The second-order valence-electron chi connectivity index (χ2n) is 6.73. The Morgan fingerprint density at radius 3 is 2.07 bits per heavy atom. The van der Waals surface area contributed by atoms with Crippen molar-refractivity contribution in [2.24, 2.45) is 0 Å². The predicted octanol–water partition coefficient (Wildman–Crippen LogP) is 3.24. The molecule has 6 nitrogen and oxygen atoms in total. The average molecular weight is 427 g/mol. The van der Waals surface area contributed by atoms with Gasteiger partial charge in [-0.1, -0.05) is 47.5 Å². The summed E-state index contributed by atoms with van der Waals surface area (Å²) in [6.07, 6.45) is -4.46. The molecule has 0 radical (unpaired) electrons. The van der Waals surface area contributed by atoms with Crippen LogP contribution >= 0.6 is 23.2 Å². The first-order chi connectivity index (χ1) is 13.5. The Bertz CT molecular complexity index is 775. The van der Waals surface area contributed by atoms with Crippen molar-refractivity contribution in [1.29, 1.82) is 0 Å². The van der Waals surface area contributed by atoms with Gasteiger partial charge in [-0.3, -0.25) is 0 Å². The van der Waals surface area contributed by atoms with Gasteiger partial charge in [0, 0.05) is 21.2 Å². The fourth-order valence-electron chi connectivity index (χ4n) is 3.42. The van der Waals surface area contributed by atoms with Crippen molar-refractivity contribution in [2.45, 2.75) is 37.0 Å². The average Bonchev–Trinajstić information content (AvgIpc) is 3.12. The third kappa shape index (κ3) is 4.20. The van der Waals surface area contributed by atoms with Gasteiger partial charge in [0.25, 0.3) is 0 Å². The fraction of sp³-hybridized carbons (Fsp3) is 0.400. The van der Waals surface area contributed by atoms with Crippen LogP contribution in [0.25, 0.3) is 0 Å². The molecular formula is C20H20Cl2O6. The number of hydrogen-bond acceptors (Lipinski definition) is 6. The largest absolute Gasteiger partial charge is 0.394 e. The predicted molar refractivity (Wildman–Crippen MR) is 102 cm³/mol. The van der Waals surface area contributed by atoms with Crippen LogP contribution in [0.5, 0.6) is 0 Å². The van der Waals surface area contributed by atoms with Crippen molar-refractivity contribution in [3.05, 3.63) is 69.7 Å². The second-order valence-corrected chi connectivity index (χ2v) is 7.61. The minimum absolute atomic E-state index is 0.0572. The zero-order valence-corrected chi connectivity index (χ0v) is 16.3. The van der Waals surface area contributed by atoms with Crippen LogP contribution in [0.3, 0.4) is 0 Å². The minimum atomic E-state index is -0.934. The molecule has 8 heteroatoms. The molecule has 0 amide bonds. The molecule has 2 aromatic carbocycles. The molecule has 2 unspecified atom stereocenters. The number of benzene rings is 2. The van der Waals surface area contributed by atoms with E-state index in [2.05, 4.69) is 0 Å². The highest BCUT2D eigenvalue weighted by Gasteiger charge is 2.47. The minimum Gasteiger partial charge on any atom is -0.394 e. The van der Waals surface area contributed by atoms with Crippen LogP contribution in [0.15, 0.2) is 48.5 Å². The number of rotatable bonds is 4. The van der Waals surface area contributed by atoms with Crippen molar-refractivity contribution in [3.8, 4) is 0 Å². The molecule has 2 aliphatic heterocycles. The fourth-order valence-corrected chi connectivity index (χ4v) is 3.82. The highest BCUT2D eigenvalue weighted by molar-refractivity contribution is 6.30. The number of hydrogen-bond donors (Lipinski definition) is 2. The number of aliphatic hydroxyl groups is 2. The zero-order chi connectivity index (χ0) is 19.7. The summed E-state index contributed by atoms with van der Waals surface area (Å²) in [5.41, 5.74) is 1.46. The first-order valence-corrected chi connectivity index (χ1v) is 9.68. The summed E-state index contributed by atoms with van der Waals surface area (Å²) in [5.74, 6) is 0. The van der Waals surface area contributed by atoms with Crippen molar-refractivity contribution in [2.75, 3.05) is 13.2 Å². The van der Waals surface area contributed by atoms with Crippen molar-refractivity contribution >= 4 is 23.2 Å². The van der Waals surface area contributed by atoms with E-state index in [1.54, 1.807) is 36.4 Å². The summed E-state index contributed by atoms with van der Waals surface area (Å²) in [4.78, 5) is 0. The maximum Gasteiger partial charge on any atom is 0.185 e. The Hall–Kier alpha value is -1.22. The lowest BCUT2D eigenvalue weighted by atomic mass is 10.0. The van der Waals surface area contributed by atoms with Crippen LogP contribution in [0.1, 0.15) is 23.7 Å². The Morgan fingerprint density at radius 2 is 1.46 bits per heavy atom. The Morgan fingerprint density at radius 1 is 0.857 bits per heavy atom. The summed E-state index contributed by atoms with van der Waals surface area (Å²) in [7, 11) is 0. The van der Waals surface area contributed by atoms with Gasteiger partial charge in [0.15, 0.2) is 12.6 Å². The first kappa shape index (κ1) is 20.1. The lowest BCUT2D eigenvalue weighted by Gasteiger charge is -2.37. The van der Waals surface area contributed by atoms with Crippen LogP contribution < -0.4 is 0 Å². The normalized spacial score (nSPS) is 33.1. The number of aliphatic hydroxyl groups excluding tert-OH is 2. The van der Waals surface area contributed by atoms with E-state index in [4.69, 9.17) is 42.1 Å². The maximum atomic E-state index is 10.4. The van der Waals surface area contributed by atoms with Gasteiger partial charge in [-0.05, 0) is 24.3 Å². The van der Waals surface area contributed by atoms with E-state index in [1.807, 2.05) is 12.1 Å². The van der Waals surface area contributed by atoms with Crippen LogP contribution in [0.4, 0.5) is 0 Å². The third-order valence-electron chi connectivity index (χ3n) is 4.77. The SMILES string of the molecule is OC[C@H]1OC(c2cccc(Cl)c2)O[C@H]1[C@@H]1OC(c2cccc(Cl)c2)OC[C@@H]1O. The molecule has 0 spiro atoms. The Balaban J connectivity index is 1.53. The van der Waals surface area contributed by atoms with Crippen molar-refractivity contribution in [3.63, 3.8) is 0 Å². The molecule has 2 fully saturated rings. The van der Waals surface area contributed by atoms with Gasteiger partial charge in [-0.15, -0.1) is 0 Å². The summed E-state index contributed by atoms with van der Waals surface area (Å²) in [6.45, 7) is -0.224. The molecule has 2 saturated heterocycles. The van der Waals surface area contributed by atoms with E-state index in [0.29, 0.717) is 10.0 Å². The second kappa shape index (κ2) is 8.65. The van der Waals surface area contributed by atoms with Gasteiger partial charge in [-0.25, -0.2) is 0 Å². The molecule has 0 saturated carbocycles. The van der Waals surface area contributed by atoms with Crippen LogP contribution in [-0.2, 0) is 18.9 Å². The molecule has 2 aromatic rings. The van der Waals surface area contributed by atoms with Crippen LogP contribution in [0.2, 0.25) is 10.0 Å². The van der Waals surface area contributed by atoms with Gasteiger partial charge in [0.2, 0.25) is 0 Å². The molecule has 6 atom stereocenters. The standard InChI is InChI=1S/C20H20Cl2O6/c21-13-5-1-3-11(7-13)19-25-10-15(24)17(27-19)18-16(9-23)26-20(28-18)12-4-2-6-14(22)8-12/h1-8,15-20,23-24H,9-10H2/t15-,16+,17+,18+,19?,20?/m0/s1. The Kier molecular flexibility index (Phi) is 6.20. The molecule has 150 valence electrons. The summed E-state index contributed by atoms with van der Waals surface area (Å²) >= 11 is 12.1. The van der Waals surface area contributed by atoms with Crippen LogP contribution in [0, 0.1) is 0 Å². The smallest absolute Gasteiger partial charge is 0.185 e. The lowest BCUT2D eigenvalue weighted by molar-refractivity contribution is -0.279. The monoisotopic (exact) mass is 426 g/mol. The molecule has 28 heavy (non-hydrogen) atoms. The third-order valence-corrected chi connectivity index (χ3v) is 5.24. The van der Waals surface area contributed by atoms with Crippen LogP contribution in [-0.4, -0.2) is 47.8 Å². The Labute approximate surface area is 172 Å². The van der Waals surface area contributed by atoms with E-state index in [9.17, 15) is 10.2 Å². The lowest BCUT2D eigenvalue weighted by Crippen LogP contribution is -2.51. The number of halogens is 2. The molecule has 0 aliphatic carbocycles. The van der Waals surface area contributed by atoms with Crippen molar-refractivity contribution in [1.82, 2.24) is 0 Å². The van der Waals surface area contributed by atoms with Gasteiger partial charge >= 0.3 is 0 Å².